The highest BCUT2D eigenvalue weighted by atomic mass is 16.5. The fraction of sp³-hybridized carbons (Fsp3) is 0. The first-order valence-corrected chi connectivity index (χ1v) is 5.93. The number of aromatic hydroxyl groups is 1. The van der Waals surface area contributed by atoms with Crippen LogP contribution in [0.5, 0.6) is 5.95 Å². The van der Waals surface area contributed by atoms with Crippen LogP contribution >= 0.6 is 0 Å². The van der Waals surface area contributed by atoms with Gasteiger partial charge in [-0.2, -0.15) is 0 Å². The van der Waals surface area contributed by atoms with E-state index in [4.69, 9.17) is 11.0 Å². The highest BCUT2D eigenvalue weighted by Crippen LogP contribution is 2.34. The van der Waals surface area contributed by atoms with Gasteiger partial charge in [-0.3, -0.25) is 4.79 Å². The Morgan fingerprint density at radius 3 is 2.60 bits per heavy atom. The number of hydrogen-bond acceptors (Lipinski definition) is 3. The Kier molecular flexibility index (Phi) is 2.73. The van der Waals surface area contributed by atoms with Crippen molar-refractivity contribution in [2.24, 2.45) is 0 Å². The average Bonchev–Trinajstić information content (AvgIpc) is 2.82. The van der Waals surface area contributed by atoms with Crippen molar-refractivity contribution in [2.45, 2.75) is 0 Å². The van der Waals surface area contributed by atoms with Gasteiger partial charge in [0.25, 0.3) is 5.95 Å². The third kappa shape index (κ3) is 1.82. The van der Waals surface area contributed by atoms with Crippen molar-refractivity contribution >= 4 is 22.4 Å². The lowest BCUT2D eigenvalue weighted by Gasteiger charge is -1.99. The first-order chi connectivity index (χ1) is 9.70. The largest absolute Gasteiger partial charge is 0.480 e. The zero-order valence-corrected chi connectivity index (χ0v) is 10.3. The summed E-state index contributed by atoms with van der Waals surface area (Å²) in [4.78, 5) is 15.7. The molecule has 3 rings (SSSR count). The fourth-order valence-corrected chi connectivity index (χ4v) is 2.10. The van der Waals surface area contributed by atoms with Crippen LogP contribution in [0.15, 0.2) is 52.9 Å². The van der Waals surface area contributed by atoms with Gasteiger partial charge in [0.2, 0.25) is 5.78 Å². The van der Waals surface area contributed by atoms with Crippen molar-refractivity contribution in [1.29, 1.82) is 0 Å². The summed E-state index contributed by atoms with van der Waals surface area (Å²) in [6.07, 6.45) is 0. The number of benzene rings is 2. The number of nitrogens with zero attached hydrogens (tertiary/aromatic N) is 1. The third-order valence-corrected chi connectivity index (χ3v) is 3.05. The zero-order chi connectivity index (χ0) is 14.1. The molecule has 1 N–H and O–H groups in total. The molecule has 0 spiro atoms. The first-order valence-electron chi connectivity index (χ1n) is 5.93. The molecular formula is C16H9NO3. The zero-order valence-electron chi connectivity index (χ0n) is 10.3. The Morgan fingerprint density at radius 1 is 1.15 bits per heavy atom. The highest BCUT2D eigenvalue weighted by Gasteiger charge is 2.21. The maximum Gasteiger partial charge on any atom is 0.294 e. The molecule has 0 amide bonds. The maximum atomic E-state index is 12.4. The third-order valence-electron chi connectivity index (χ3n) is 3.05. The van der Waals surface area contributed by atoms with Crippen LogP contribution in [-0.4, -0.2) is 10.9 Å². The number of furan rings is 1. The lowest BCUT2D eigenvalue weighted by molar-refractivity contribution is 0.103. The Labute approximate surface area is 114 Å². The molecule has 2 aromatic carbocycles. The van der Waals surface area contributed by atoms with E-state index in [0.29, 0.717) is 22.2 Å². The SMILES string of the molecule is [C-]#[N+]c1ccc2c(C(=O)c3ccccc3)c(O)oc2c1. The van der Waals surface area contributed by atoms with Crippen LogP contribution in [0.2, 0.25) is 0 Å². The summed E-state index contributed by atoms with van der Waals surface area (Å²) in [7, 11) is 0. The van der Waals surface area contributed by atoms with Gasteiger partial charge in [-0.25, -0.2) is 4.85 Å². The smallest absolute Gasteiger partial charge is 0.294 e. The molecule has 1 heterocycles. The van der Waals surface area contributed by atoms with E-state index in [1.165, 1.54) is 6.07 Å². The van der Waals surface area contributed by atoms with E-state index < -0.39 is 5.95 Å². The minimum absolute atomic E-state index is 0.128. The maximum absolute atomic E-state index is 12.4. The van der Waals surface area contributed by atoms with E-state index >= 15 is 0 Å². The second-order valence-electron chi connectivity index (χ2n) is 4.27. The molecule has 3 aromatic rings. The molecule has 0 unspecified atom stereocenters. The van der Waals surface area contributed by atoms with Gasteiger partial charge in [0, 0.05) is 10.9 Å². The second kappa shape index (κ2) is 4.56. The quantitative estimate of drug-likeness (QED) is 0.563. The van der Waals surface area contributed by atoms with E-state index in [2.05, 4.69) is 4.85 Å². The average molecular weight is 263 g/mol. The summed E-state index contributed by atoms with van der Waals surface area (Å²) < 4.78 is 5.18. The molecule has 20 heavy (non-hydrogen) atoms. The van der Waals surface area contributed by atoms with Crippen molar-refractivity contribution in [3.05, 3.63) is 71.1 Å². The Morgan fingerprint density at radius 2 is 1.90 bits per heavy atom. The molecule has 0 saturated heterocycles. The van der Waals surface area contributed by atoms with Crippen molar-refractivity contribution in [3.8, 4) is 5.95 Å². The van der Waals surface area contributed by atoms with Gasteiger partial charge in [-0.1, -0.05) is 42.5 Å². The van der Waals surface area contributed by atoms with E-state index in [9.17, 15) is 9.90 Å². The molecule has 0 fully saturated rings. The van der Waals surface area contributed by atoms with Crippen LogP contribution < -0.4 is 0 Å². The summed E-state index contributed by atoms with van der Waals surface area (Å²) in [6.45, 7) is 6.95. The van der Waals surface area contributed by atoms with Gasteiger partial charge in [0.15, 0.2) is 5.69 Å². The summed E-state index contributed by atoms with van der Waals surface area (Å²) in [5, 5.41) is 10.4. The summed E-state index contributed by atoms with van der Waals surface area (Å²) in [5.74, 6) is -0.728. The molecule has 1 aromatic heterocycles. The highest BCUT2D eigenvalue weighted by molar-refractivity contribution is 6.17. The number of rotatable bonds is 2. The first kappa shape index (κ1) is 12.0. The number of hydrogen-bond donors (Lipinski definition) is 1. The van der Waals surface area contributed by atoms with Crippen LogP contribution in [0, 0.1) is 6.57 Å². The molecule has 0 radical (unpaired) electrons. The lowest BCUT2D eigenvalue weighted by atomic mass is 10.0. The van der Waals surface area contributed by atoms with Crippen molar-refractivity contribution in [1.82, 2.24) is 0 Å². The monoisotopic (exact) mass is 263 g/mol. The van der Waals surface area contributed by atoms with Crippen molar-refractivity contribution in [3.63, 3.8) is 0 Å². The van der Waals surface area contributed by atoms with Gasteiger partial charge in [-0.15, -0.1) is 0 Å². The van der Waals surface area contributed by atoms with Gasteiger partial charge in [0.05, 0.1) is 6.57 Å². The molecule has 0 aliphatic carbocycles. The molecule has 96 valence electrons. The standard InChI is InChI=1S/C16H9NO3/c1-17-11-7-8-12-13(9-11)20-16(19)14(12)15(18)10-5-3-2-4-6-10/h2-9,19H. The van der Waals surface area contributed by atoms with Crippen LogP contribution in [0.3, 0.4) is 0 Å². The predicted molar refractivity (Wildman–Crippen MR) is 74.0 cm³/mol. The number of carbonyl (C=O) groups excluding carboxylic acids is 1. The van der Waals surface area contributed by atoms with Crippen molar-refractivity contribution < 1.29 is 14.3 Å². The number of carbonyl (C=O) groups is 1. The van der Waals surface area contributed by atoms with Crippen LogP contribution in [0.4, 0.5) is 5.69 Å². The van der Waals surface area contributed by atoms with E-state index in [0.717, 1.165) is 0 Å². The lowest BCUT2D eigenvalue weighted by Crippen LogP contribution is -2.00. The van der Waals surface area contributed by atoms with E-state index in [1.807, 2.05) is 6.07 Å². The van der Waals surface area contributed by atoms with Crippen molar-refractivity contribution in [2.75, 3.05) is 0 Å². The molecular weight excluding hydrogens is 254 g/mol. The van der Waals surface area contributed by atoms with Gasteiger partial charge in [0.1, 0.15) is 11.1 Å². The molecule has 0 bridgehead atoms. The van der Waals surface area contributed by atoms with Crippen LogP contribution in [0.25, 0.3) is 15.8 Å². The minimum Gasteiger partial charge on any atom is -0.480 e. The molecule has 0 atom stereocenters. The fourth-order valence-electron chi connectivity index (χ4n) is 2.10. The summed E-state index contributed by atoms with van der Waals surface area (Å²) in [5.41, 5.74) is 1.32. The van der Waals surface area contributed by atoms with Crippen LogP contribution in [-0.2, 0) is 0 Å². The minimum atomic E-state index is -0.420. The molecule has 0 aliphatic rings. The Bertz CT molecular complexity index is 841. The Hall–Kier alpha value is -3.06. The van der Waals surface area contributed by atoms with Gasteiger partial charge < -0.3 is 9.52 Å². The number of ketones is 1. The Balaban J connectivity index is 2.20. The normalized spacial score (nSPS) is 10.3. The molecule has 4 nitrogen and oxygen atoms in total. The van der Waals surface area contributed by atoms with E-state index in [-0.39, 0.29) is 11.3 Å². The summed E-state index contributed by atoms with van der Waals surface area (Å²) >= 11 is 0. The number of fused-ring (bicyclic) bond motifs is 1. The second-order valence-corrected chi connectivity index (χ2v) is 4.27. The van der Waals surface area contributed by atoms with Gasteiger partial charge >= 0.3 is 0 Å². The molecule has 0 aliphatic heterocycles. The summed E-state index contributed by atoms with van der Waals surface area (Å²) in [6, 6.07) is 13.4. The topological polar surface area (TPSA) is 54.8 Å². The molecule has 4 heteroatoms. The van der Waals surface area contributed by atoms with E-state index in [1.54, 1.807) is 36.4 Å². The molecule has 0 saturated carbocycles. The van der Waals surface area contributed by atoms with Gasteiger partial charge in [-0.05, 0) is 6.07 Å². The predicted octanol–water partition coefficient (Wildman–Crippen LogP) is 3.92. The van der Waals surface area contributed by atoms with Crippen LogP contribution in [0.1, 0.15) is 15.9 Å².